The van der Waals surface area contributed by atoms with Crippen LogP contribution in [0.1, 0.15) is 126 Å². The minimum Gasteiger partial charge on any atom is -0.496 e. The van der Waals surface area contributed by atoms with Crippen molar-refractivity contribution in [2.75, 3.05) is 31.6 Å². The average Bonchev–Trinajstić information content (AvgIpc) is 3.47. The maximum atomic E-state index is 13.5. The van der Waals surface area contributed by atoms with Crippen molar-refractivity contribution in [2.45, 2.75) is 128 Å². The van der Waals surface area contributed by atoms with E-state index in [-0.39, 0.29) is 59.3 Å². The van der Waals surface area contributed by atoms with Crippen molar-refractivity contribution in [2.24, 2.45) is 11.3 Å². The van der Waals surface area contributed by atoms with E-state index in [4.69, 9.17) is 14.2 Å². The van der Waals surface area contributed by atoms with Gasteiger partial charge < -0.3 is 24.4 Å². The zero-order chi connectivity index (χ0) is 45.0. The van der Waals surface area contributed by atoms with Crippen LogP contribution in [0.4, 0.5) is 5.95 Å². The van der Waals surface area contributed by atoms with E-state index in [1.165, 1.54) is 7.11 Å². The van der Waals surface area contributed by atoms with Gasteiger partial charge in [0.15, 0.2) is 0 Å². The molecule has 3 saturated carbocycles. The predicted molar refractivity (Wildman–Crippen MR) is 233 cm³/mol. The van der Waals surface area contributed by atoms with Gasteiger partial charge in [0.25, 0.3) is 17.7 Å². The molecular formula is C48H56N8O8. The Morgan fingerprint density at radius 2 is 1.59 bits per heavy atom. The van der Waals surface area contributed by atoms with E-state index in [2.05, 4.69) is 50.3 Å². The summed E-state index contributed by atoms with van der Waals surface area (Å²) in [7, 11) is 1.43. The van der Waals surface area contributed by atoms with Gasteiger partial charge >= 0.3 is 0 Å². The Hall–Kier alpha value is -6.08. The van der Waals surface area contributed by atoms with E-state index < -0.39 is 29.7 Å². The number of fused-ring (bicyclic) bond motifs is 1. The Balaban J connectivity index is 0.708. The fourth-order valence-electron chi connectivity index (χ4n) is 10.9. The lowest BCUT2D eigenvalue weighted by atomic mass is 9.53. The molecule has 5 amide bonds. The number of nitrogens with one attached hydrogen (secondary N) is 2. The van der Waals surface area contributed by atoms with Gasteiger partial charge in [-0.05, 0) is 113 Å². The van der Waals surface area contributed by atoms with Crippen LogP contribution < -0.4 is 29.7 Å². The molecule has 2 N–H and O–H groups in total. The number of rotatable bonds is 13. The molecule has 5 fully saturated rings. The summed E-state index contributed by atoms with van der Waals surface area (Å²) in [6, 6.07) is 9.08. The molecule has 0 radical (unpaired) electrons. The minimum atomic E-state index is -1.06. The van der Waals surface area contributed by atoms with E-state index in [0.717, 1.165) is 92.8 Å². The van der Waals surface area contributed by atoms with Crippen molar-refractivity contribution in [3.05, 3.63) is 70.0 Å². The molecule has 3 aromatic rings. The van der Waals surface area contributed by atoms with Gasteiger partial charge in [0, 0.05) is 75.5 Å². The first-order chi connectivity index (χ1) is 30.7. The van der Waals surface area contributed by atoms with Crippen LogP contribution in [-0.4, -0.2) is 112 Å². The molecule has 0 unspecified atom stereocenters. The molecule has 64 heavy (non-hydrogen) atoms. The predicted octanol–water partition coefficient (Wildman–Crippen LogP) is 5.03. The molecule has 2 aromatic carbocycles. The zero-order valence-corrected chi connectivity index (χ0v) is 37.1. The third kappa shape index (κ3) is 8.26. The fraction of sp³-hybridized carbons (Fsp3) is 0.542. The van der Waals surface area contributed by atoms with Crippen LogP contribution in [0, 0.1) is 36.5 Å². The maximum absolute atomic E-state index is 13.5. The lowest BCUT2D eigenvalue weighted by Crippen LogP contribution is -2.58. The molecule has 4 heterocycles. The topological polar surface area (TPSA) is 196 Å². The summed E-state index contributed by atoms with van der Waals surface area (Å²) in [6.07, 6.45) is 10.9. The average molecular weight is 873 g/mol. The van der Waals surface area contributed by atoms with Crippen molar-refractivity contribution in [3.8, 4) is 23.3 Å². The smallest absolute Gasteiger partial charge is 0.266 e. The second-order valence-corrected chi connectivity index (χ2v) is 19.1. The normalized spacial score (nSPS) is 26.5. The van der Waals surface area contributed by atoms with Gasteiger partial charge in [0.2, 0.25) is 17.8 Å². The van der Waals surface area contributed by atoms with Gasteiger partial charge in [0.1, 0.15) is 29.4 Å². The summed E-state index contributed by atoms with van der Waals surface area (Å²) in [5.41, 5.74) is 3.49. The third-order valence-corrected chi connectivity index (χ3v) is 14.4. The van der Waals surface area contributed by atoms with E-state index in [0.29, 0.717) is 40.8 Å². The lowest BCUT2D eigenvalue weighted by molar-refractivity contribution is -0.136. The quantitative estimate of drug-likeness (QED) is 0.217. The SMILES string of the molecule is COc1cc(OC2CC(N(CC3CCN(c4ncc(C(=O)NC5CC6(C5)CC(Oc5cc(C)c(C#N)c(C)c5)C6)cn4)CC3)C(C)C)C2)cc2c1C(=O)N([C@@H]1CCC(=O)NC1=O)C2=O. The number of amides is 5. The third-order valence-electron chi connectivity index (χ3n) is 14.4. The number of hydrogen-bond acceptors (Lipinski definition) is 13. The Bertz CT molecular complexity index is 2380. The highest BCUT2D eigenvalue weighted by atomic mass is 16.5. The standard InChI is InChI=1S/C48H56N8O8/c1-26(2)55(32-14-34(15-32)63-35-16-37-42(40(17-35)62-5)46(61)56(45(37)60)39-6-7-41(57)53-44(39)59)25-29-8-10-54(11-9-29)47-50-23-30(24-51-47)43(58)52-31-18-48(19-31)20-36(21-48)64-33-12-27(3)38(22-49)28(4)13-33/h12-13,16-17,23-24,26,29,31-32,34,36,39H,6-11,14-15,18-21,25H2,1-5H3,(H,52,58)(H,53,57,59)/t31?,32?,34?,36?,39-,48?/m1/s1. The fourth-order valence-corrected chi connectivity index (χ4v) is 10.9. The molecule has 3 aliphatic heterocycles. The molecule has 6 aliphatic rings. The zero-order valence-electron chi connectivity index (χ0n) is 37.1. The van der Waals surface area contributed by atoms with Crippen LogP contribution in [0.5, 0.6) is 17.2 Å². The molecule has 0 bridgehead atoms. The number of imide groups is 2. The van der Waals surface area contributed by atoms with Crippen molar-refractivity contribution in [3.63, 3.8) is 0 Å². The van der Waals surface area contributed by atoms with Crippen molar-refractivity contribution in [1.82, 2.24) is 30.4 Å². The molecule has 3 aliphatic carbocycles. The number of benzene rings is 2. The summed E-state index contributed by atoms with van der Waals surface area (Å²) in [6.45, 7) is 11.0. The van der Waals surface area contributed by atoms with Crippen LogP contribution in [0.15, 0.2) is 36.7 Å². The molecule has 2 saturated heterocycles. The first kappa shape index (κ1) is 43.2. The molecule has 1 spiro atoms. The first-order valence-corrected chi connectivity index (χ1v) is 22.6. The monoisotopic (exact) mass is 872 g/mol. The Morgan fingerprint density at radius 3 is 2.22 bits per heavy atom. The van der Waals surface area contributed by atoms with Crippen LogP contribution in [0.3, 0.4) is 0 Å². The van der Waals surface area contributed by atoms with Crippen LogP contribution in [0.2, 0.25) is 0 Å². The van der Waals surface area contributed by atoms with E-state index in [1.54, 1.807) is 24.5 Å². The molecule has 336 valence electrons. The number of piperidine rings is 2. The van der Waals surface area contributed by atoms with E-state index in [9.17, 15) is 29.2 Å². The molecule has 16 heteroatoms. The molecule has 1 atom stereocenters. The number of ether oxygens (including phenoxy) is 3. The van der Waals surface area contributed by atoms with E-state index in [1.807, 2.05) is 26.0 Å². The Morgan fingerprint density at radius 1 is 0.938 bits per heavy atom. The number of carbonyl (C=O) groups excluding carboxylic acids is 5. The number of hydrogen-bond donors (Lipinski definition) is 2. The second kappa shape index (κ2) is 17.1. The summed E-state index contributed by atoms with van der Waals surface area (Å²) >= 11 is 0. The number of methoxy groups -OCH3 is 1. The van der Waals surface area contributed by atoms with Crippen molar-refractivity contribution in [1.29, 1.82) is 5.26 Å². The molecular weight excluding hydrogens is 817 g/mol. The van der Waals surface area contributed by atoms with Gasteiger partial charge in [-0.1, -0.05) is 0 Å². The maximum Gasteiger partial charge on any atom is 0.266 e. The number of nitrogens with zero attached hydrogens (tertiary/aromatic N) is 6. The second-order valence-electron chi connectivity index (χ2n) is 19.1. The highest BCUT2D eigenvalue weighted by Gasteiger charge is 2.54. The minimum absolute atomic E-state index is 0.0438. The van der Waals surface area contributed by atoms with Gasteiger partial charge in [-0.3, -0.25) is 39.1 Å². The molecule has 1 aromatic heterocycles. The number of aromatic nitrogens is 2. The largest absolute Gasteiger partial charge is 0.496 e. The van der Waals surface area contributed by atoms with Gasteiger partial charge in [-0.15, -0.1) is 0 Å². The Kier molecular flexibility index (Phi) is 11.6. The molecule has 9 rings (SSSR count). The highest BCUT2D eigenvalue weighted by molar-refractivity contribution is 6.24. The summed E-state index contributed by atoms with van der Waals surface area (Å²) < 4.78 is 18.1. The number of nitriles is 1. The van der Waals surface area contributed by atoms with Crippen LogP contribution in [-0.2, 0) is 9.59 Å². The Labute approximate surface area is 373 Å². The summed E-state index contributed by atoms with van der Waals surface area (Å²) in [4.78, 5) is 79.2. The summed E-state index contributed by atoms with van der Waals surface area (Å²) in [5.74, 6) is 0.149. The van der Waals surface area contributed by atoms with Crippen LogP contribution >= 0.6 is 0 Å². The number of carbonyl (C=O) groups is 5. The highest BCUT2D eigenvalue weighted by Crippen LogP contribution is 2.57. The van der Waals surface area contributed by atoms with E-state index >= 15 is 0 Å². The molecule has 16 nitrogen and oxygen atoms in total. The van der Waals surface area contributed by atoms with Crippen molar-refractivity contribution >= 4 is 35.5 Å². The number of anilines is 1. The van der Waals surface area contributed by atoms with Crippen molar-refractivity contribution < 1.29 is 38.2 Å². The van der Waals surface area contributed by atoms with Gasteiger partial charge in [-0.25, -0.2) is 9.97 Å². The number of aryl methyl sites for hydroxylation is 2. The van der Waals surface area contributed by atoms with Gasteiger partial charge in [-0.2, -0.15) is 5.26 Å². The lowest BCUT2D eigenvalue weighted by Gasteiger charge is -2.57. The summed E-state index contributed by atoms with van der Waals surface area (Å²) in [5, 5.41) is 14.8. The first-order valence-electron chi connectivity index (χ1n) is 22.6. The van der Waals surface area contributed by atoms with Crippen LogP contribution in [0.25, 0.3) is 0 Å². The van der Waals surface area contributed by atoms with Gasteiger partial charge in [0.05, 0.1) is 41.5 Å².